The molecule has 4 aromatic rings. The zero-order valence-electron chi connectivity index (χ0n) is 29.8. The van der Waals surface area contributed by atoms with Crippen molar-refractivity contribution in [3.05, 3.63) is 126 Å². The summed E-state index contributed by atoms with van der Waals surface area (Å²) in [6, 6.07) is 21.0. The van der Waals surface area contributed by atoms with Crippen LogP contribution in [0.4, 0.5) is 0 Å². The molecule has 290 valence electrons. The Labute approximate surface area is 337 Å². The Hall–Kier alpha value is -2.30. The molecule has 0 fully saturated rings. The number of benzene rings is 4. The lowest BCUT2D eigenvalue weighted by molar-refractivity contribution is 0.0522. The Bertz CT molecular complexity index is 2020. The van der Waals surface area contributed by atoms with Crippen LogP contribution >= 0.6 is 46.4 Å². The average Bonchev–Trinajstić information content (AvgIpc) is 3.12. The van der Waals surface area contributed by atoms with Gasteiger partial charge in [0.15, 0.2) is 0 Å². The van der Waals surface area contributed by atoms with Gasteiger partial charge in [0.2, 0.25) is 20.0 Å². The van der Waals surface area contributed by atoms with Gasteiger partial charge in [-0.15, -0.1) is 0 Å². The fourth-order valence-electron chi connectivity index (χ4n) is 7.00. The number of ether oxygens (including phenoxy) is 2. The molecule has 54 heavy (non-hydrogen) atoms. The van der Waals surface area contributed by atoms with E-state index < -0.39 is 20.0 Å². The van der Waals surface area contributed by atoms with Crippen LogP contribution < -0.4 is 9.44 Å². The summed E-state index contributed by atoms with van der Waals surface area (Å²) in [6.07, 6.45) is 0. The Morgan fingerprint density at radius 2 is 0.963 bits per heavy atom. The minimum Gasteiger partial charge on any atom is -0.378 e. The van der Waals surface area contributed by atoms with Crippen molar-refractivity contribution in [3.8, 4) is 0 Å². The standard InChI is InChI=1S/C38H42Cl4N4O6S2/c1-45-21-33(31-17-27(39)19-37(41)35(31)23-45)25-3-7-29(8-4-25)53(47,48)43-11-13-51-15-16-52-14-12-44-54(49,50)30-9-5-26(6-10-30)34-22-46(2)24-36-32(34)18-28(40)20-38(36)42/h3-10,17-20,33-34,43-44H,11-16,21-24H2,1-2H3. The molecule has 2 aliphatic rings. The predicted molar refractivity (Wildman–Crippen MR) is 214 cm³/mol. The van der Waals surface area contributed by atoms with Crippen LogP contribution in [-0.4, -0.2) is 93.3 Å². The van der Waals surface area contributed by atoms with Crippen LogP contribution in [0.5, 0.6) is 0 Å². The Balaban J connectivity index is 0.893. The maximum Gasteiger partial charge on any atom is 0.240 e. The maximum absolute atomic E-state index is 12.9. The highest BCUT2D eigenvalue weighted by Crippen LogP contribution is 2.40. The van der Waals surface area contributed by atoms with Crippen LogP contribution in [0.25, 0.3) is 0 Å². The lowest BCUT2D eigenvalue weighted by atomic mass is 9.85. The number of rotatable bonds is 15. The predicted octanol–water partition coefficient (Wildman–Crippen LogP) is 6.74. The molecule has 2 aliphatic heterocycles. The van der Waals surface area contributed by atoms with E-state index in [1.165, 1.54) is 0 Å². The Kier molecular flexibility index (Phi) is 13.7. The van der Waals surface area contributed by atoms with E-state index in [0.29, 0.717) is 33.2 Å². The number of hydrogen-bond acceptors (Lipinski definition) is 8. The van der Waals surface area contributed by atoms with Gasteiger partial charge in [0.1, 0.15) is 0 Å². The summed E-state index contributed by atoms with van der Waals surface area (Å²) in [5, 5.41) is 2.39. The number of fused-ring (bicyclic) bond motifs is 2. The second kappa shape index (κ2) is 17.9. The fourth-order valence-corrected chi connectivity index (χ4v) is 10.2. The largest absolute Gasteiger partial charge is 0.378 e. The third-order valence-electron chi connectivity index (χ3n) is 9.62. The van der Waals surface area contributed by atoms with Gasteiger partial charge < -0.3 is 19.3 Å². The maximum atomic E-state index is 12.9. The zero-order chi connectivity index (χ0) is 38.6. The van der Waals surface area contributed by atoms with Gasteiger partial charge in [0, 0.05) is 71.2 Å². The molecule has 0 aromatic heterocycles. The number of sulfonamides is 2. The molecular weight excluding hydrogens is 814 g/mol. The Morgan fingerprint density at radius 1 is 0.593 bits per heavy atom. The number of nitrogens with zero attached hydrogens (tertiary/aromatic N) is 2. The van der Waals surface area contributed by atoms with Gasteiger partial charge in [0.25, 0.3) is 0 Å². The average molecular weight is 857 g/mol. The van der Waals surface area contributed by atoms with Crippen molar-refractivity contribution in [1.29, 1.82) is 0 Å². The molecule has 0 amide bonds. The van der Waals surface area contributed by atoms with Gasteiger partial charge in [-0.05, 0) is 96.0 Å². The summed E-state index contributed by atoms with van der Waals surface area (Å²) in [5.41, 5.74) is 6.10. The van der Waals surface area contributed by atoms with Crippen LogP contribution in [0, 0.1) is 0 Å². The van der Waals surface area contributed by atoms with Gasteiger partial charge in [-0.1, -0.05) is 70.7 Å². The summed E-state index contributed by atoms with van der Waals surface area (Å²) < 4.78 is 67.8. The van der Waals surface area contributed by atoms with Crippen molar-refractivity contribution in [3.63, 3.8) is 0 Å². The first kappa shape index (κ1) is 41.3. The van der Waals surface area contributed by atoms with Crippen molar-refractivity contribution in [1.82, 2.24) is 19.2 Å². The number of hydrogen-bond donors (Lipinski definition) is 2. The summed E-state index contributed by atoms with van der Waals surface area (Å²) >= 11 is 25.6. The van der Waals surface area contributed by atoms with E-state index in [2.05, 4.69) is 19.2 Å². The summed E-state index contributed by atoms with van der Waals surface area (Å²) in [6.45, 7) is 3.79. The van der Waals surface area contributed by atoms with E-state index in [1.54, 1.807) is 36.4 Å². The molecule has 4 aromatic carbocycles. The molecule has 0 spiro atoms. The topological polar surface area (TPSA) is 117 Å². The van der Waals surface area contributed by atoms with Crippen molar-refractivity contribution in [2.24, 2.45) is 0 Å². The minimum atomic E-state index is -3.75. The van der Waals surface area contributed by atoms with Crippen LogP contribution in [0.3, 0.4) is 0 Å². The number of nitrogens with one attached hydrogen (secondary N) is 2. The molecule has 16 heteroatoms. The highest BCUT2D eigenvalue weighted by atomic mass is 35.5. The van der Waals surface area contributed by atoms with Crippen molar-refractivity contribution >= 4 is 66.5 Å². The van der Waals surface area contributed by atoms with E-state index in [-0.39, 0.29) is 61.1 Å². The molecule has 0 bridgehead atoms. The molecule has 0 saturated carbocycles. The van der Waals surface area contributed by atoms with E-state index >= 15 is 0 Å². The van der Waals surface area contributed by atoms with E-state index in [0.717, 1.165) is 46.5 Å². The first-order valence-corrected chi connectivity index (χ1v) is 21.9. The van der Waals surface area contributed by atoms with Crippen molar-refractivity contribution < 1.29 is 26.3 Å². The molecule has 2 atom stereocenters. The highest BCUT2D eigenvalue weighted by Gasteiger charge is 2.29. The molecule has 6 rings (SSSR count). The smallest absolute Gasteiger partial charge is 0.240 e. The second-order valence-electron chi connectivity index (χ2n) is 13.6. The summed E-state index contributed by atoms with van der Waals surface area (Å²) in [7, 11) is -3.46. The van der Waals surface area contributed by atoms with Gasteiger partial charge in [-0.25, -0.2) is 26.3 Å². The van der Waals surface area contributed by atoms with Crippen LogP contribution in [0.1, 0.15) is 45.2 Å². The van der Waals surface area contributed by atoms with Gasteiger partial charge in [0.05, 0.1) is 36.2 Å². The molecule has 0 saturated heterocycles. The molecule has 0 radical (unpaired) electrons. The first-order valence-electron chi connectivity index (χ1n) is 17.4. The summed E-state index contributed by atoms with van der Waals surface area (Å²) in [5.74, 6) is 0.00642. The Morgan fingerprint density at radius 3 is 1.33 bits per heavy atom. The fraction of sp³-hybridized carbons (Fsp3) is 0.368. The first-order chi connectivity index (χ1) is 25.7. The third-order valence-corrected chi connectivity index (χ3v) is 13.7. The highest BCUT2D eigenvalue weighted by molar-refractivity contribution is 7.89. The van der Waals surface area contributed by atoms with Crippen LogP contribution in [0.15, 0.2) is 82.6 Å². The molecule has 2 N–H and O–H groups in total. The van der Waals surface area contributed by atoms with Gasteiger partial charge in [-0.3, -0.25) is 0 Å². The third kappa shape index (κ3) is 9.98. The van der Waals surface area contributed by atoms with Gasteiger partial charge >= 0.3 is 0 Å². The van der Waals surface area contributed by atoms with E-state index in [1.807, 2.05) is 50.5 Å². The SMILES string of the molecule is CN1Cc2c(Cl)cc(Cl)cc2C(c2ccc(S(=O)(=O)NCCOCCOCCNS(=O)(=O)c3ccc(C4CN(C)Cc5c(Cl)cc(Cl)cc54)cc3)cc2)C1. The number of likely N-dealkylation sites (N-methyl/N-ethyl adjacent to an activating group) is 2. The van der Waals surface area contributed by atoms with Gasteiger partial charge in [-0.2, -0.15) is 0 Å². The van der Waals surface area contributed by atoms with Crippen molar-refractivity contribution in [2.75, 3.05) is 66.7 Å². The zero-order valence-corrected chi connectivity index (χ0v) is 34.5. The molecule has 10 nitrogen and oxygen atoms in total. The molecule has 2 unspecified atom stereocenters. The minimum absolute atomic E-state index is 0.00321. The van der Waals surface area contributed by atoms with E-state index in [9.17, 15) is 16.8 Å². The normalized spacial score (nSPS) is 18.0. The lowest BCUT2D eigenvalue weighted by Crippen LogP contribution is -2.31. The van der Waals surface area contributed by atoms with Crippen molar-refractivity contribution in [2.45, 2.75) is 34.7 Å². The van der Waals surface area contributed by atoms with E-state index in [4.69, 9.17) is 55.9 Å². The molecular formula is C38H42Cl4N4O6S2. The second-order valence-corrected chi connectivity index (χ2v) is 18.8. The molecule has 2 heterocycles. The monoisotopic (exact) mass is 854 g/mol. The number of halogens is 4. The summed E-state index contributed by atoms with van der Waals surface area (Å²) in [4.78, 5) is 4.66. The van der Waals surface area contributed by atoms with Crippen LogP contribution in [-0.2, 0) is 42.6 Å². The van der Waals surface area contributed by atoms with Crippen LogP contribution in [0.2, 0.25) is 20.1 Å². The quantitative estimate of drug-likeness (QED) is 0.126. The lowest BCUT2D eigenvalue weighted by Gasteiger charge is -2.33. The molecule has 0 aliphatic carbocycles.